The second-order valence-electron chi connectivity index (χ2n) is 10.8. The number of nitrogens with one attached hydrogen (secondary N) is 4. The van der Waals surface area contributed by atoms with Crippen molar-refractivity contribution in [3.8, 4) is 5.75 Å². The summed E-state index contributed by atoms with van der Waals surface area (Å²) in [6, 6.07) is 1.19. The third kappa shape index (κ3) is 12.2. The van der Waals surface area contributed by atoms with E-state index in [4.69, 9.17) is 22.6 Å². The van der Waals surface area contributed by atoms with Crippen molar-refractivity contribution >= 4 is 35.6 Å². The van der Waals surface area contributed by atoms with Crippen molar-refractivity contribution in [2.24, 2.45) is 17.2 Å². The van der Waals surface area contributed by atoms with Gasteiger partial charge in [0.25, 0.3) is 5.91 Å². The van der Waals surface area contributed by atoms with E-state index in [9.17, 15) is 39.3 Å². The van der Waals surface area contributed by atoms with Crippen LogP contribution in [0.1, 0.15) is 50.5 Å². The van der Waals surface area contributed by atoms with E-state index in [0.717, 1.165) is 0 Å². The predicted octanol–water partition coefficient (Wildman–Crippen LogP) is -2.00. The summed E-state index contributed by atoms with van der Waals surface area (Å²) >= 11 is 0. The lowest BCUT2D eigenvalue weighted by atomic mass is 10.1. The molecule has 0 unspecified atom stereocenters. The number of unbranched alkanes of at least 4 members (excludes halogenated alkanes) is 1. The molecule has 1 aromatic rings. The summed E-state index contributed by atoms with van der Waals surface area (Å²) in [6.07, 6.45) is 2.62. The van der Waals surface area contributed by atoms with Gasteiger partial charge in [-0.25, -0.2) is 5.43 Å². The van der Waals surface area contributed by atoms with Crippen LogP contribution >= 0.6 is 0 Å². The van der Waals surface area contributed by atoms with Gasteiger partial charge >= 0.3 is 11.9 Å². The van der Waals surface area contributed by atoms with Gasteiger partial charge in [0.2, 0.25) is 11.8 Å². The number of aromatic hydroxyl groups is 1. The van der Waals surface area contributed by atoms with Crippen molar-refractivity contribution in [3.05, 3.63) is 29.8 Å². The molecule has 17 heteroatoms. The number of hydrazine groups is 1. The van der Waals surface area contributed by atoms with Gasteiger partial charge in [0, 0.05) is 19.5 Å². The molecule has 0 aliphatic carbocycles. The highest BCUT2D eigenvalue weighted by molar-refractivity contribution is 5.94. The van der Waals surface area contributed by atoms with Crippen LogP contribution in [0.15, 0.2) is 24.3 Å². The zero-order valence-electron chi connectivity index (χ0n) is 25.1. The number of carbonyl (C=O) groups is 5. The van der Waals surface area contributed by atoms with E-state index in [1.165, 1.54) is 29.2 Å². The Labute approximate surface area is 260 Å². The molecule has 0 radical (unpaired) electrons. The molecule has 17 nitrogen and oxygen atoms in total. The Hall–Kier alpha value is -4.48. The minimum Gasteiger partial charge on any atom is -0.508 e. The van der Waals surface area contributed by atoms with Gasteiger partial charge in [0.05, 0.1) is 6.04 Å². The molecule has 1 aromatic carbocycles. The second-order valence-corrected chi connectivity index (χ2v) is 10.8. The number of hydrogen-bond acceptors (Lipinski definition) is 10. The molecule has 45 heavy (non-hydrogen) atoms. The van der Waals surface area contributed by atoms with Gasteiger partial charge in [-0.3, -0.25) is 34.4 Å². The summed E-state index contributed by atoms with van der Waals surface area (Å²) in [6.45, 7) is -0.00866. The average molecular weight is 636 g/mol. The third-order valence-electron chi connectivity index (χ3n) is 7.27. The van der Waals surface area contributed by atoms with E-state index < -0.39 is 60.4 Å². The molecule has 1 fully saturated rings. The first-order valence-corrected chi connectivity index (χ1v) is 14.8. The van der Waals surface area contributed by atoms with Crippen LogP contribution in [0.25, 0.3) is 0 Å². The molecular formula is C28H45N9O8. The molecule has 1 aliphatic rings. The van der Waals surface area contributed by atoms with Crippen LogP contribution in [0.5, 0.6) is 5.75 Å². The number of phenols is 1. The molecule has 2 rings (SSSR count). The number of guanidine groups is 1. The molecule has 3 amide bonds. The molecule has 250 valence electrons. The minimum absolute atomic E-state index is 0.0301. The first-order valence-electron chi connectivity index (χ1n) is 14.8. The lowest BCUT2D eigenvalue weighted by Crippen LogP contribution is -2.60. The number of rotatable bonds is 19. The van der Waals surface area contributed by atoms with Gasteiger partial charge in [-0.15, -0.1) is 0 Å². The Morgan fingerprint density at radius 3 is 2.33 bits per heavy atom. The summed E-state index contributed by atoms with van der Waals surface area (Å²) in [5.41, 5.74) is 19.9. The van der Waals surface area contributed by atoms with Crippen LogP contribution in [0.3, 0.4) is 0 Å². The topological polar surface area (TPSA) is 291 Å². The number of carboxylic acid groups (broad SMARTS) is 2. The highest BCUT2D eigenvalue weighted by Crippen LogP contribution is 2.20. The van der Waals surface area contributed by atoms with Crippen LogP contribution in [0, 0.1) is 5.41 Å². The van der Waals surface area contributed by atoms with Crippen molar-refractivity contribution in [1.82, 2.24) is 26.0 Å². The van der Waals surface area contributed by atoms with Crippen LogP contribution in [-0.2, 0) is 30.4 Å². The summed E-state index contributed by atoms with van der Waals surface area (Å²) in [4.78, 5) is 65.5. The van der Waals surface area contributed by atoms with Gasteiger partial charge in [0.1, 0.15) is 30.4 Å². The monoisotopic (exact) mass is 635 g/mol. The number of phenolic OH excluding ortho intramolecular Hbond substituents is 1. The van der Waals surface area contributed by atoms with E-state index in [1.54, 1.807) is 0 Å². The SMILES string of the molecule is N=C(N)NCCC[C@H](NC(=O)[C@@H]1CCCN1C(=O)[C@@H](N)CCCCN)C(=O)N(CC(=O)O)N[C@@H](Cc1ccc(O)cc1)C(=O)O. The number of amides is 3. The smallest absolute Gasteiger partial charge is 0.324 e. The fourth-order valence-corrected chi connectivity index (χ4v) is 4.96. The van der Waals surface area contributed by atoms with E-state index in [-0.39, 0.29) is 37.5 Å². The Balaban J connectivity index is 2.26. The quantitative estimate of drug-likeness (QED) is 0.0341. The van der Waals surface area contributed by atoms with Crippen LogP contribution in [0.4, 0.5) is 0 Å². The number of carbonyl (C=O) groups excluding carboxylic acids is 3. The highest BCUT2D eigenvalue weighted by Gasteiger charge is 2.38. The number of likely N-dealkylation sites (tertiary alicyclic amines) is 1. The third-order valence-corrected chi connectivity index (χ3v) is 7.27. The molecule has 0 saturated carbocycles. The first kappa shape index (κ1) is 36.7. The Morgan fingerprint density at radius 2 is 1.73 bits per heavy atom. The van der Waals surface area contributed by atoms with E-state index in [2.05, 4.69) is 16.1 Å². The van der Waals surface area contributed by atoms with Crippen LogP contribution in [-0.4, -0.2) is 111 Å². The first-order chi connectivity index (χ1) is 21.3. The number of nitrogens with two attached hydrogens (primary N) is 3. The molecule has 1 aliphatic heterocycles. The molecule has 4 atom stereocenters. The van der Waals surface area contributed by atoms with Crippen molar-refractivity contribution in [3.63, 3.8) is 0 Å². The zero-order chi connectivity index (χ0) is 33.5. The van der Waals surface area contributed by atoms with Gasteiger partial charge in [-0.05, 0) is 62.8 Å². The van der Waals surface area contributed by atoms with Gasteiger partial charge in [-0.1, -0.05) is 18.6 Å². The number of hydrogen-bond donors (Lipinski definition) is 10. The fraction of sp³-hybridized carbons (Fsp3) is 0.571. The minimum atomic E-state index is -1.45. The van der Waals surface area contributed by atoms with Crippen molar-refractivity contribution in [2.45, 2.75) is 75.5 Å². The summed E-state index contributed by atoms with van der Waals surface area (Å²) < 4.78 is 0. The number of benzene rings is 1. The van der Waals surface area contributed by atoms with Crippen LogP contribution in [0.2, 0.25) is 0 Å². The molecule has 0 aromatic heterocycles. The predicted molar refractivity (Wildman–Crippen MR) is 162 cm³/mol. The maximum Gasteiger partial charge on any atom is 0.324 e. The summed E-state index contributed by atoms with van der Waals surface area (Å²) in [5.74, 6) is -5.11. The van der Waals surface area contributed by atoms with E-state index >= 15 is 0 Å². The fourth-order valence-electron chi connectivity index (χ4n) is 4.96. The largest absolute Gasteiger partial charge is 0.508 e. The summed E-state index contributed by atoms with van der Waals surface area (Å²) in [7, 11) is 0. The van der Waals surface area contributed by atoms with Gasteiger partial charge in [0.15, 0.2) is 5.96 Å². The van der Waals surface area contributed by atoms with Crippen LogP contribution < -0.4 is 33.3 Å². The lowest BCUT2D eigenvalue weighted by Gasteiger charge is -2.31. The maximum atomic E-state index is 13.7. The molecule has 1 saturated heterocycles. The molecular weight excluding hydrogens is 590 g/mol. The maximum absolute atomic E-state index is 13.7. The number of nitrogens with zero attached hydrogens (tertiary/aromatic N) is 2. The Bertz CT molecular complexity index is 1180. The van der Waals surface area contributed by atoms with Crippen molar-refractivity contribution in [2.75, 3.05) is 26.2 Å². The normalized spacial score (nSPS) is 16.3. The Morgan fingerprint density at radius 1 is 1.04 bits per heavy atom. The van der Waals surface area contributed by atoms with Crippen molar-refractivity contribution < 1.29 is 39.3 Å². The van der Waals surface area contributed by atoms with Gasteiger partial charge in [-0.2, -0.15) is 0 Å². The molecule has 0 spiro atoms. The summed E-state index contributed by atoms with van der Waals surface area (Å²) in [5, 5.41) is 42.1. The van der Waals surface area contributed by atoms with E-state index in [0.29, 0.717) is 55.8 Å². The Kier molecular flexibility index (Phi) is 15.0. The number of aliphatic carboxylic acids is 2. The van der Waals surface area contributed by atoms with Gasteiger partial charge < -0.3 is 48.1 Å². The lowest BCUT2D eigenvalue weighted by molar-refractivity contribution is -0.153. The van der Waals surface area contributed by atoms with Crippen molar-refractivity contribution in [1.29, 1.82) is 5.41 Å². The second kappa shape index (κ2) is 18.4. The zero-order valence-corrected chi connectivity index (χ0v) is 25.1. The molecule has 0 bridgehead atoms. The highest BCUT2D eigenvalue weighted by atomic mass is 16.4. The average Bonchev–Trinajstić information content (AvgIpc) is 3.48. The van der Waals surface area contributed by atoms with E-state index in [1.807, 2.05) is 0 Å². The molecule has 1 heterocycles. The number of carboxylic acids is 2. The standard InChI is InChI=1S/C28H45N9O8/c29-12-2-1-5-19(30)25(42)36-14-4-7-22(36)24(41)34-20(6-3-13-33-28(31)32)26(43)37(16-23(39)40)35-21(27(44)45)15-17-8-10-18(38)11-9-17/h8-11,19-22,35,38H,1-7,12-16,29-30H2,(H,34,41)(H,39,40)(H,44,45)(H4,31,32,33)/t19-,20-,21-,22-/m0/s1. The molecule has 13 N–H and O–H groups in total.